The van der Waals surface area contributed by atoms with Gasteiger partial charge in [0.05, 0.1) is 5.92 Å². The molecule has 0 aromatic heterocycles. The molecule has 1 atom stereocenters. The predicted octanol–water partition coefficient (Wildman–Crippen LogP) is 3.67. The maximum absolute atomic E-state index is 12.6. The van der Waals surface area contributed by atoms with Gasteiger partial charge in [0, 0.05) is 11.8 Å². The molecule has 0 radical (unpaired) electrons. The fourth-order valence-corrected chi connectivity index (χ4v) is 2.46. The molecule has 1 amide bonds. The van der Waals surface area contributed by atoms with Gasteiger partial charge in [0.15, 0.2) is 6.61 Å². The second-order valence-corrected chi connectivity index (χ2v) is 5.45. The molecule has 2 rings (SSSR count). The van der Waals surface area contributed by atoms with Crippen LogP contribution in [0.25, 0.3) is 0 Å². The van der Waals surface area contributed by atoms with E-state index in [1.54, 1.807) is 24.3 Å². The topological polar surface area (TPSA) is 75.6 Å². The highest BCUT2D eigenvalue weighted by atomic mass is 16.5. The first kappa shape index (κ1) is 17.5. The van der Waals surface area contributed by atoms with Gasteiger partial charge in [-0.1, -0.05) is 49.7 Å². The minimum atomic E-state index is -1.04. The van der Waals surface area contributed by atoms with E-state index in [1.165, 1.54) is 0 Å². The quantitative estimate of drug-likeness (QED) is 0.775. The van der Waals surface area contributed by atoms with Crippen LogP contribution in [0.1, 0.15) is 31.2 Å². The summed E-state index contributed by atoms with van der Waals surface area (Å²) in [5.74, 6) is -0.947. The van der Waals surface area contributed by atoms with Crippen molar-refractivity contribution in [2.45, 2.75) is 25.7 Å². The van der Waals surface area contributed by atoms with Crippen LogP contribution in [0.3, 0.4) is 0 Å². The van der Waals surface area contributed by atoms with Gasteiger partial charge in [-0.2, -0.15) is 0 Å². The Hall–Kier alpha value is -2.82. The van der Waals surface area contributed by atoms with Crippen LogP contribution < -0.4 is 10.1 Å². The van der Waals surface area contributed by atoms with Crippen LogP contribution in [0.4, 0.5) is 5.69 Å². The Morgan fingerprint density at radius 3 is 2.54 bits per heavy atom. The van der Waals surface area contributed by atoms with Crippen LogP contribution in [0.15, 0.2) is 54.6 Å². The molecule has 2 aromatic carbocycles. The molecule has 1 unspecified atom stereocenters. The highest BCUT2D eigenvalue weighted by Crippen LogP contribution is 2.24. The van der Waals surface area contributed by atoms with E-state index in [2.05, 4.69) is 5.32 Å². The molecule has 0 spiro atoms. The van der Waals surface area contributed by atoms with Gasteiger partial charge >= 0.3 is 5.97 Å². The zero-order valence-electron chi connectivity index (χ0n) is 13.6. The number of ether oxygens (including phenoxy) is 1. The summed E-state index contributed by atoms with van der Waals surface area (Å²) in [6, 6.07) is 16.4. The number of carboxylic acid groups (broad SMARTS) is 1. The number of nitrogens with one attached hydrogen (secondary N) is 1. The van der Waals surface area contributed by atoms with Gasteiger partial charge in [-0.05, 0) is 24.1 Å². The van der Waals surface area contributed by atoms with Crippen LogP contribution in [-0.4, -0.2) is 23.6 Å². The summed E-state index contributed by atoms with van der Waals surface area (Å²) in [4.78, 5) is 23.2. The number of hydrogen-bond donors (Lipinski definition) is 2. The monoisotopic (exact) mass is 327 g/mol. The molecule has 0 fully saturated rings. The number of anilines is 1. The normalized spacial score (nSPS) is 11.5. The molecule has 5 nitrogen and oxygen atoms in total. The van der Waals surface area contributed by atoms with E-state index in [0.717, 1.165) is 18.4 Å². The summed E-state index contributed by atoms with van der Waals surface area (Å²) in [6.45, 7) is 1.63. The molecule has 0 heterocycles. The standard InChI is InChI=1S/C19H21NO4/c1-2-7-17(14-8-4-3-5-9-14)19(23)20-15-10-6-11-16(12-15)24-13-18(21)22/h3-6,8-12,17H,2,7,13H2,1H3,(H,20,23)(H,21,22). The minimum absolute atomic E-state index is 0.0848. The van der Waals surface area contributed by atoms with Crippen molar-refractivity contribution in [2.75, 3.05) is 11.9 Å². The van der Waals surface area contributed by atoms with Gasteiger partial charge in [-0.15, -0.1) is 0 Å². The molecule has 24 heavy (non-hydrogen) atoms. The van der Waals surface area contributed by atoms with E-state index in [4.69, 9.17) is 9.84 Å². The molecule has 0 aliphatic rings. The first-order chi connectivity index (χ1) is 11.6. The van der Waals surface area contributed by atoms with E-state index < -0.39 is 12.6 Å². The third-order valence-corrected chi connectivity index (χ3v) is 3.56. The van der Waals surface area contributed by atoms with E-state index >= 15 is 0 Å². The number of amides is 1. The highest BCUT2D eigenvalue weighted by Gasteiger charge is 2.19. The van der Waals surface area contributed by atoms with E-state index in [-0.39, 0.29) is 11.8 Å². The zero-order valence-corrected chi connectivity index (χ0v) is 13.6. The summed E-state index contributed by atoms with van der Waals surface area (Å²) >= 11 is 0. The fourth-order valence-electron chi connectivity index (χ4n) is 2.46. The maximum atomic E-state index is 12.6. The van der Waals surface area contributed by atoms with Crippen LogP contribution in [0.5, 0.6) is 5.75 Å². The summed E-state index contributed by atoms with van der Waals surface area (Å²) in [6.07, 6.45) is 1.65. The molecule has 0 aliphatic carbocycles. The largest absolute Gasteiger partial charge is 0.482 e. The van der Waals surface area contributed by atoms with Gasteiger partial charge in [-0.25, -0.2) is 4.79 Å². The number of carbonyl (C=O) groups is 2. The van der Waals surface area contributed by atoms with Crippen molar-refractivity contribution in [3.63, 3.8) is 0 Å². The third kappa shape index (κ3) is 5.12. The second kappa shape index (κ2) is 8.72. The van der Waals surface area contributed by atoms with Gasteiger partial charge in [0.1, 0.15) is 5.75 Å². The highest BCUT2D eigenvalue weighted by molar-refractivity contribution is 5.96. The number of benzene rings is 2. The summed E-state index contributed by atoms with van der Waals surface area (Å²) < 4.78 is 5.13. The Kier molecular flexibility index (Phi) is 6.37. The average Bonchev–Trinajstić information content (AvgIpc) is 2.59. The lowest BCUT2D eigenvalue weighted by Gasteiger charge is -2.17. The third-order valence-electron chi connectivity index (χ3n) is 3.56. The molecule has 2 aromatic rings. The molecule has 0 saturated carbocycles. The molecule has 126 valence electrons. The van der Waals surface area contributed by atoms with Crippen molar-refractivity contribution < 1.29 is 19.4 Å². The molecule has 2 N–H and O–H groups in total. The number of hydrogen-bond acceptors (Lipinski definition) is 3. The SMILES string of the molecule is CCCC(C(=O)Nc1cccc(OCC(=O)O)c1)c1ccccc1. The number of aliphatic carboxylic acids is 1. The van der Waals surface area contributed by atoms with Crippen molar-refractivity contribution in [3.8, 4) is 5.75 Å². The smallest absolute Gasteiger partial charge is 0.341 e. The second-order valence-electron chi connectivity index (χ2n) is 5.45. The van der Waals surface area contributed by atoms with E-state index in [0.29, 0.717) is 11.4 Å². The van der Waals surface area contributed by atoms with Crippen LogP contribution in [-0.2, 0) is 9.59 Å². The summed E-state index contributed by atoms with van der Waals surface area (Å²) in [5, 5.41) is 11.5. The average molecular weight is 327 g/mol. The first-order valence-corrected chi connectivity index (χ1v) is 7.90. The van der Waals surface area contributed by atoms with Gasteiger partial charge in [0.25, 0.3) is 0 Å². The van der Waals surface area contributed by atoms with Crippen molar-refractivity contribution in [1.82, 2.24) is 0 Å². The maximum Gasteiger partial charge on any atom is 0.341 e. The van der Waals surface area contributed by atoms with E-state index in [9.17, 15) is 9.59 Å². The minimum Gasteiger partial charge on any atom is -0.482 e. The lowest BCUT2D eigenvalue weighted by molar-refractivity contribution is -0.139. The Bertz CT molecular complexity index is 685. The Balaban J connectivity index is 2.09. The number of carboxylic acids is 1. The lowest BCUT2D eigenvalue weighted by atomic mass is 9.93. The van der Waals surface area contributed by atoms with Crippen LogP contribution in [0.2, 0.25) is 0 Å². The van der Waals surface area contributed by atoms with E-state index in [1.807, 2.05) is 37.3 Å². The molecule has 0 aliphatic heterocycles. The van der Waals surface area contributed by atoms with Crippen molar-refractivity contribution in [1.29, 1.82) is 0 Å². The van der Waals surface area contributed by atoms with Crippen molar-refractivity contribution in [3.05, 3.63) is 60.2 Å². The molecular weight excluding hydrogens is 306 g/mol. The fraction of sp³-hybridized carbons (Fsp3) is 0.263. The zero-order chi connectivity index (χ0) is 17.4. The Morgan fingerprint density at radius 2 is 1.88 bits per heavy atom. The Morgan fingerprint density at radius 1 is 1.12 bits per heavy atom. The summed E-state index contributed by atoms with van der Waals surface area (Å²) in [7, 11) is 0. The number of carbonyl (C=O) groups excluding carboxylic acids is 1. The number of rotatable bonds is 8. The van der Waals surface area contributed by atoms with Crippen molar-refractivity contribution >= 4 is 17.6 Å². The molecule has 5 heteroatoms. The lowest BCUT2D eigenvalue weighted by Crippen LogP contribution is -2.21. The summed E-state index contributed by atoms with van der Waals surface area (Å²) in [5.41, 5.74) is 1.56. The van der Waals surface area contributed by atoms with Gasteiger partial charge < -0.3 is 15.2 Å². The Labute approximate surface area is 141 Å². The predicted molar refractivity (Wildman–Crippen MR) is 92.3 cm³/mol. The van der Waals surface area contributed by atoms with Crippen molar-refractivity contribution in [2.24, 2.45) is 0 Å². The molecule has 0 bridgehead atoms. The van der Waals surface area contributed by atoms with Crippen LogP contribution >= 0.6 is 0 Å². The molecule has 0 saturated heterocycles. The first-order valence-electron chi connectivity index (χ1n) is 7.90. The van der Waals surface area contributed by atoms with Gasteiger partial charge in [0.2, 0.25) is 5.91 Å². The van der Waals surface area contributed by atoms with Gasteiger partial charge in [-0.3, -0.25) is 4.79 Å². The molecular formula is C19H21NO4. The van der Waals surface area contributed by atoms with Crippen LogP contribution in [0, 0.1) is 0 Å².